The van der Waals surface area contributed by atoms with Crippen LogP contribution in [0.1, 0.15) is 54.1 Å². The van der Waals surface area contributed by atoms with Crippen molar-refractivity contribution in [2.45, 2.75) is 38.6 Å². The topological polar surface area (TPSA) is 72.2 Å². The zero-order chi connectivity index (χ0) is 18.7. The molecular weight excluding hydrogens is 330 g/mol. The molecule has 1 fully saturated rings. The molecule has 3 heterocycles. The van der Waals surface area contributed by atoms with Gasteiger partial charge in [0.2, 0.25) is 5.91 Å². The van der Waals surface area contributed by atoms with E-state index in [-0.39, 0.29) is 17.9 Å². The minimum absolute atomic E-state index is 0.0576. The van der Waals surface area contributed by atoms with E-state index >= 15 is 0 Å². The number of nitrogens with zero attached hydrogens (tertiary/aromatic N) is 4. The number of aromatic nitrogens is 3. The van der Waals surface area contributed by atoms with Crippen molar-refractivity contribution in [2.75, 3.05) is 13.1 Å². The van der Waals surface area contributed by atoms with Crippen LogP contribution in [0.25, 0.3) is 0 Å². The van der Waals surface area contributed by atoms with Crippen LogP contribution in [0.15, 0.2) is 24.4 Å². The predicted octanol–water partition coefficient (Wildman–Crippen LogP) is 1.80. The van der Waals surface area contributed by atoms with E-state index in [0.29, 0.717) is 12.2 Å². The van der Waals surface area contributed by atoms with E-state index in [9.17, 15) is 9.59 Å². The fraction of sp³-hybridized carbons (Fsp3) is 0.526. The van der Waals surface area contributed by atoms with Crippen LogP contribution in [-0.2, 0) is 25.3 Å². The number of amides is 2. The van der Waals surface area contributed by atoms with E-state index in [1.54, 1.807) is 13.1 Å². The summed E-state index contributed by atoms with van der Waals surface area (Å²) in [6, 6.07) is 5.83. The van der Waals surface area contributed by atoms with Crippen LogP contribution < -0.4 is 5.32 Å². The standard InChI is InChI=1S/C19H27N5O2/c1-14(25)24-13-5-4-6-17(24)16-7-8-18(22(16)2)19(26)20-11-9-15-10-12-21-23(15)3/h7-8,10,12,17H,4-6,9,11,13H2,1-3H3,(H,20,26)/t17-/m0/s1. The maximum absolute atomic E-state index is 12.6. The fourth-order valence-corrected chi connectivity index (χ4v) is 3.75. The zero-order valence-corrected chi connectivity index (χ0v) is 15.7. The number of hydrogen-bond acceptors (Lipinski definition) is 3. The van der Waals surface area contributed by atoms with Crippen LogP contribution in [-0.4, -0.2) is 44.2 Å². The largest absolute Gasteiger partial charge is 0.350 e. The Kier molecular flexibility index (Phi) is 5.44. The quantitative estimate of drug-likeness (QED) is 0.887. The lowest BCUT2D eigenvalue weighted by atomic mass is 9.99. The Labute approximate surface area is 154 Å². The molecule has 7 heteroatoms. The third-order valence-corrected chi connectivity index (χ3v) is 5.23. The van der Waals surface area contributed by atoms with E-state index in [0.717, 1.165) is 43.6 Å². The van der Waals surface area contributed by atoms with E-state index in [1.807, 2.05) is 46.4 Å². The van der Waals surface area contributed by atoms with Gasteiger partial charge in [-0.1, -0.05) is 0 Å². The summed E-state index contributed by atoms with van der Waals surface area (Å²) in [6.07, 6.45) is 5.58. The van der Waals surface area contributed by atoms with E-state index in [2.05, 4.69) is 10.4 Å². The molecule has 1 aliphatic rings. The fourth-order valence-electron chi connectivity index (χ4n) is 3.75. The first-order chi connectivity index (χ1) is 12.5. The summed E-state index contributed by atoms with van der Waals surface area (Å²) < 4.78 is 3.73. The van der Waals surface area contributed by atoms with E-state index in [4.69, 9.17) is 0 Å². The Bertz CT molecular complexity index is 792. The number of rotatable bonds is 5. The van der Waals surface area contributed by atoms with Crippen LogP contribution in [0.4, 0.5) is 0 Å². The van der Waals surface area contributed by atoms with Crippen molar-refractivity contribution < 1.29 is 9.59 Å². The number of hydrogen-bond donors (Lipinski definition) is 1. The molecule has 1 N–H and O–H groups in total. The van der Waals surface area contributed by atoms with Gasteiger partial charge in [-0.3, -0.25) is 14.3 Å². The van der Waals surface area contributed by atoms with Gasteiger partial charge >= 0.3 is 0 Å². The third kappa shape index (κ3) is 3.66. The molecule has 7 nitrogen and oxygen atoms in total. The van der Waals surface area contributed by atoms with Crippen molar-refractivity contribution in [1.29, 1.82) is 0 Å². The molecule has 0 radical (unpaired) electrons. The Morgan fingerprint density at radius 1 is 1.23 bits per heavy atom. The molecule has 1 saturated heterocycles. The summed E-state index contributed by atoms with van der Waals surface area (Å²) in [6.45, 7) is 2.96. The highest BCUT2D eigenvalue weighted by molar-refractivity contribution is 5.93. The summed E-state index contributed by atoms with van der Waals surface area (Å²) in [7, 11) is 3.80. The van der Waals surface area contributed by atoms with Crippen LogP contribution in [0, 0.1) is 0 Å². The maximum atomic E-state index is 12.6. The normalized spacial score (nSPS) is 17.3. The highest BCUT2D eigenvalue weighted by atomic mass is 16.2. The maximum Gasteiger partial charge on any atom is 0.267 e. The number of aryl methyl sites for hydroxylation is 1. The van der Waals surface area contributed by atoms with Gasteiger partial charge in [0.15, 0.2) is 0 Å². The summed E-state index contributed by atoms with van der Waals surface area (Å²) in [4.78, 5) is 26.4. The average Bonchev–Trinajstić information content (AvgIpc) is 3.20. The van der Waals surface area contributed by atoms with Crippen molar-refractivity contribution in [2.24, 2.45) is 14.1 Å². The van der Waals surface area contributed by atoms with Crippen LogP contribution in [0.3, 0.4) is 0 Å². The number of nitrogens with one attached hydrogen (secondary N) is 1. The highest BCUT2D eigenvalue weighted by Gasteiger charge is 2.28. The molecule has 0 aliphatic carbocycles. The van der Waals surface area contributed by atoms with Gasteiger partial charge in [-0.2, -0.15) is 5.10 Å². The lowest BCUT2D eigenvalue weighted by molar-refractivity contribution is -0.132. The predicted molar refractivity (Wildman–Crippen MR) is 98.6 cm³/mol. The Morgan fingerprint density at radius 3 is 2.73 bits per heavy atom. The average molecular weight is 357 g/mol. The molecule has 2 amide bonds. The molecule has 0 aromatic carbocycles. The summed E-state index contributed by atoms with van der Waals surface area (Å²) in [5, 5.41) is 7.10. The van der Waals surface area contributed by atoms with Crippen LogP contribution in [0.2, 0.25) is 0 Å². The van der Waals surface area contributed by atoms with Gasteiger partial charge in [-0.15, -0.1) is 0 Å². The number of carbonyl (C=O) groups excluding carboxylic acids is 2. The van der Waals surface area contributed by atoms with Gasteiger partial charge in [0.25, 0.3) is 5.91 Å². The molecule has 2 aromatic rings. The van der Waals surface area contributed by atoms with E-state index < -0.39 is 0 Å². The Hall–Kier alpha value is -2.57. The van der Waals surface area contributed by atoms with Crippen molar-refractivity contribution in [3.63, 3.8) is 0 Å². The van der Waals surface area contributed by atoms with E-state index in [1.165, 1.54) is 0 Å². The van der Waals surface area contributed by atoms with Gasteiger partial charge in [0.05, 0.1) is 6.04 Å². The number of likely N-dealkylation sites (tertiary alicyclic amines) is 1. The Balaban J connectivity index is 1.66. The van der Waals surface area contributed by atoms with Gasteiger partial charge in [0, 0.05) is 58.1 Å². The second-order valence-electron chi connectivity index (χ2n) is 6.88. The molecule has 0 unspecified atom stereocenters. The molecule has 1 atom stereocenters. The third-order valence-electron chi connectivity index (χ3n) is 5.23. The molecule has 0 saturated carbocycles. The van der Waals surface area contributed by atoms with Crippen molar-refractivity contribution in [3.8, 4) is 0 Å². The van der Waals surface area contributed by atoms with Gasteiger partial charge < -0.3 is 14.8 Å². The molecule has 0 spiro atoms. The SMILES string of the molecule is CC(=O)N1CCCC[C@H]1c1ccc(C(=O)NCCc2ccnn2C)n1C. The van der Waals surface area contributed by atoms with Crippen molar-refractivity contribution >= 4 is 11.8 Å². The first-order valence-corrected chi connectivity index (χ1v) is 9.17. The lowest BCUT2D eigenvalue weighted by Crippen LogP contribution is -2.38. The zero-order valence-electron chi connectivity index (χ0n) is 15.7. The van der Waals surface area contributed by atoms with Gasteiger partial charge in [0.1, 0.15) is 5.69 Å². The molecule has 26 heavy (non-hydrogen) atoms. The second-order valence-corrected chi connectivity index (χ2v) is 6.88. The molecule has 140 valence electrons. The minimum atomic E-state index is -0.0916. The second kappa shape index (κ2) is 7.76. The number of carbonyl (C=O) groups is 2. The van der Waals surface area contributed by atoms with Crippen molar-refractivity contribution in [1.82, 2.24) is 24.6 Å². The van der Waals surface area contributed by atoms with Gasteiger partial charge in [-0.05, 0) is 37.5 Å². The molecule has 1 aliphatic heterocycles. The first kappa shape index (κ1) is 18.2. The number of piperidine rings is 1. The Morgan fingerprint density at radius 2 is 2.04 bits per heavy atom. The minimum Gasteiger partial charge on any atom is -0.350 e. The summed E-state index contributed by atoms with van der Waals surface area (Å²) in [5.74, 6) is 0.00387. The first-order valence-electron chi connectivity index (χ1n) is 9.17. The lowest BCUT2D eigenvalue weighted by Gasteiger charge is -2.35. The summed E-state index contributed by atoms with van der Waals surface area (Å²) >= 11 is 0. The van der Waals surface area contributed by atoms with Crippen LogP contribution in [0.5, 0.6) is 0 Å². The molecule has 2 aromatic heterocycles. The molecule has 0 bridgehead atoms. The van der Waals surface area contributed by atoms with Crippen molar-refractivity contribution in [3.05, 3.63) is 41.5 Å². The van der Waals surface area contributed by atoms with Crippen LogP contribution >= 0.6 is 0 Å². The highest BCUT2D eigenvalue weighted by Crippen LogP contribution is 2.31. The van der Waals surface area contributed by atoms with Gasteiger partial charge in [-0.25, -0.2) is 0 Å². The molecular formula is C19H27N5O2. The monoisotopic (exact) mass is 357 g/mol. The smallest absolute Gasteiger partial charge is 0.267 e. The molecule has 3 rings (SSSR count). The summed E-state index contributed by atoms with van der Waals surface area (Å²) in [5.41, 5.74) is 2.73.